The number of nitriles is 1. The molecule has 1 amide bonds. The largest absolute Gasteiger partial charge is 0.321 e. The van der Waals surface area contributed by atoms with E-state index in [1.807, 2.05) is 6.07 Å². The van der Waals surface area contributed by atoms with E-state index in [1.54, 1.807) is 48.5 Å². The van der Waals surface area contributed by atoms with Gasteiger partial charge in [-0.25, -0.2) is 0 Å². The van der Waals surface area contributed by atoms with Gasteiger partial charge < -0.3 is 11.1 Å². The number of para-hydroxylation sites is 1. The molecule has 0 atom stereocenters. The quantitative estimate of drug-likeness (QED) is 0.824. The van der Waals surface area contributed by atoms with Gasteiger partial charge >= 0.3 is 0 Å². The van der Waals surface area contributed by atoms with E-state index in [0.717, 1.165) is 0 Å². The number of hydrogen-bond donors (Lipinski definition) is 2. The molecule has 4 nitrogen and oxygen atoms in total. The Hall–Kier alpha value is -3.08. The highest BCUT2D eigenvalue weighted by Crippen LogP contribution is 2.16. The summed E-state index contributed by atoms with van der Waals surface area (Å²) < 4.78 is 0. The molecule has 4 heteroatoms. The van der Waals surface area contributed by atoms with Crippen LogP contribution in [0.4, 0.5) is 5.69 Å². The van der Waals surface area contributed by atoms with Crippen molar-refractivity contribution in [2.45, 2.75) is 0 Å². The Labute approximate surface area is 123 Å². The maximum absolute atomic E-state index is 12.3. The van der Waals surface area contributed by atoms with Gasteiger partial charge in [-0.05, 0) is 24.3 Å². The average molecular weight is 275 g/mol. The zero-order valence-corrected chi connectivity index (χ0v) is 11.3. The van der Waals surface area contributed by atoms with Crippen LogP contribution in [0.1, 0.15) is 21.5 Å². The number of carbonyl (C=O) groups is 1. The van der Waals surface area contributed by atoms with Crippen LogP contribution in [0.25, 0.3) is 0 Å². The Bertz CT molecular complexity index is 763. The minimum atomic E-state index is -0.306. The van der Waals surface area contributed by atoms with Gasteiger partial charge in [0.05, 0.1) is 23.4 Å². The molecule has 2 aromatic rings. The van der Waals surface area contributed by atoms with Gasteiger partial charge in [-0.1, -0.05) is 36.1 Å². The first-order chi connectivity index (χ1) is 10.3. The summed E-state index contributed by atoms with van der Waals surface area (Å²) in [5.74, 6) is 5.29. The highest BCUT2D eigenvalue weighted by atomic mass is 16.1. The second kappa shape index (κ2) is 6.91. The van der Waals surface area contributed by atoms with Crippen LogP contribution in [-0.2, 0) is 0 Å². The second-order valence-electron chi connectivity index (χ2n) is 4.16. The van der Waals surface area contributed by atoms with Crippen LogP contribution < -0.4 is 11.1 Å². The number of benzene rings is 2. The van der Waals surface area contributed by atoms with Crippen LogP contribution >= 0.6 is 0 Å². The molecule has 21 heavy (non-hydrogen) atoms. The Kier molecular flexibility index (Phi) is 4.71. The maximum Gasteiger partial charge on any atom is 0.256 e. The van der Waals surface area contributed by atoms with E-state index in [2.05, 4.69) is 17.2 Å². The molecule has 2 aromatic carbocycles. The van der Waals surface area contributed by atoms with E-state index in [9.17, 15) is 4.79 Å². The van der Waals surface area contributed by atoms with E-state index in [-0.39, 0.29) is 12.5 Å². The molecule has 3 N–H and O–H groups in total. The van der Waals surface area contributed by atoms with Crippen LogP contribution in [-0.4, -0.2) is 12.5 Å². The normalized spacial score (nSPS) is 9.14. The second-order valence-corrected chi connectivity index (χ2v) is 4.16. The number of anilines is 1. The van der Waals surface area contributed by atoms with E-state index in [0.29, 0.717) is 22.4 Å². The van der Waals surface area contributed by atoms with Crippen LogP contribution in [0.5, 0.6) is 0 Å². The summed E-state index contributed by atoms with van der Waals surface area (Å²) in [6.07, 6.45) is 0. The fourth-order valence-electron chi connectivity index (χ4n) is 1.82. The maximum atomic E-state index is 12.3. The minimum Gasteiger partial charge on any atom is -0.321 e. The summed E-state index contributed by atoms with van der Waals surface area (Å²) in [6, 6.07) is 15.9. The van der Waals surface area contributed by atoms with E-state index in [4.69, 9.17) is 11.0 Å². The summed E-state index contributed by atoms with van der Waals surface area (Å²) in [6.45, 7) is 0.229. The van der Waals surface area contributed by atoms with Gasteiger partial charge in [0.1, 0.15) is 6.07 Å². The van der Waals surface area contributed by atoms with Crippen molar-refractivity contribution in [2.75, 3.05) is 11.9 Å². The lowest BCUT2D eigenvalue weighted by Crippen LogP contribution is -2.14. The molecule has 0 heterocycles. The fraction of sp³-hybridized carbons (Fsp3) is 0.0588. The van der Waals surface area contributed by atoms with Crippen molar-refractivity contribution in [3.05, 3.63) is 65.2 Å². The summed E-state index contributed by atoms with van der Waals surface area (Å²) in [7, 11) is 0. The fourth-order valence-corrected chi connectivity index (χ4v) is 1.82. The highest BCUT2D eigenvalue weighted by Gasteiger charge is 2.11. The Morgan fingerprint density at radius 2 is 1.76 bits per heavy atom. The van der Waals surface area contributed by atoms with Gasteiger partial charge in [-0.3, -0.25) is 4.79 Å². The van der Waals surface area contributed by atoms with Crippen LogP contribution in [0.2, 0.25) is 0 Å². The molecule has 0 fully saturated rings. The minimum absolute atomic E-state index is 0.229. The van der Waals surface area contributed by atoms with Gasteiger partial charge in [0.25, 0.3) is 5.91 Å². The molecule has 0 aliphatic rings. The summed E-state index contributed by atoms with van der Waals surface area (Å²) in [5, 5.41) is 11.8. The summed E-state index contributed by atoms with van der Waals surface area (Å²) in [4.78, 5) is 12.3. The molecule has 102 valence electrons. The average Bonchev–Trinajstić information content (AvgIpc) is 2.53. The zero-order valence-electron chi connectivity index (χ0n) is 11.3. The number of nitrogens with zero attached hydrogens (tertiary/aromatic N) is 1. The van der Waals surface area contributed by atoms with Gasteiger partial charge in [0.15, 0.2) is 0 Å². The summed E-state index contributed by atoms with van der Waals surface area (Å²) in [5.41, 5.74) is 7.30. The number of rotatable bonds is 2. The Morgan fingerprint density at radius 1 is 1.10 bits per heavy atom. The van der Waals surface area contributed by atoms with Crippen molar-refractivity contribution in [2.24, 2.45) is 5.73 Å². The van der Waals surface area contributed by atoms with Gasteiger partial charge in [-0.15, -0.1) is 0 Å². The zero-order chi connectivity index (χ0) is 15.1. The molecule has 0 bridgehead atoms. The Balaban J connectivity index is 2.31. The van der Waals surface area contributed by atoms with Crippen molar-refractivity contribution in [1.29, 1.82) is 5.26 Å². The monoisotopic (exact) mass is 275 g/mol. The molecule has 0 aliphatic carbocycles. The van der Waals surface area contributed by atoms with Gasteiger partial charge in [0.2, 0.25) is 0 Å². The molecular formula is C17H13N3O. The lowest BCUT2D eigenvalue weighted by molar-refractivity contribution is 0.102. The first-order valence-electron chi connectivity index (χ1n) is 6.34. The van der Waals surface area contributed by atoms with Crippen molar-refractivity contribution < 1.29 is 4.79 Å². The molecular weight excluding hydrogens is 262 g/mol. The molecule has 0 radical (unpaired) electrons. The SMILES string of the molecule is N#Cc1ccccc1NC(=O)c1ccccc1C#CCN. The smallest absolute Gasteiger partial charge is 0.256 e. The topological polar surface area (TPSA) is 78.9 Å². The highest BCUT2D eigenvalue weighted by molar-refractivity contribution is 6.06. The molecule has 0 saturated heterocycles. The third-order valence-electron chi connectivity index (χ3n) is 2.79. The first kappa shape index (κ1) is 14.3. The predicted molar refractivity (Wildman–Crippen MR) is 81.5 cm³/mol. The first-order valence-corrected chi connectivity index (χ1v) is 6.34. The predicted octanol–water partition coefficient (Wildman–Crippen LogP) is 2.12. The molecule has 0 saturated carbocycles. The van der Waals surface area contributed by atoms with E-state index in [1.165, 1.54) is 0 Å². The van der Waals surface area contributed by atoms with Crippen molar-refractivity contribution in [3.8, 4) is 17.9 Å². The van der Waals surface area contributed by atoms with Crippen molar-refractivity contribution >= 4 is 11.6 Å². The van der Waals surface area contributed by atoms with Crippen LogP contribution in [0, 0.1) is 23.2 Å². The van der Waals surface area contributed by atoms with Crippen molar-refractivity contribution in [3.63, 3.8) is 0 Å². The van der Waals surface area contributed by atoms with Gasteiger partial charge in [0, 0.05) is 5.56 Å². The molecule has 0 aromatic heterocycles. The standard InChI is InChI=1S/C17H13N3O/c18-11-5-8-13-6-1-3-9-15(13)17(21)20-16-10-4-2-7-14(16)12-19/h1-4,6-7,9-10H,11,18H2,(H,20,21). The lowest BCUT2D eigenvalue weighted by atomic mass is 10.1. The molecule has 2 rings (SSSR count). The lowest BCUT2D eigenvalue weighted by Gasteiger charge is -2.08. The van der Waals surface area contributed by atoms with Crippen LogP contribution in [0.15, 0.2) is 48.5 Å². The summed E-state index contributed by atoms with van der Waals surface area (Å²) >= 11 is 0. The van der Waals surface area contributed by atoms with Crippen molar-refractivity contribution in [1.82, 2.24) is 0 Å². The molecule has 0 unspecified atom stereocenters. The number of nitrogens with one attached hydrogen (secondary N) is 1. The number of carbonyl (C=O) groups excluding carboxylic acids is 1. The molecule has 0 aliphatic heterocycles. The third kappa shape index (κ3) is 3.48. The number of amides is 1. The van der Waals surface area contributed by atoms with Gasteiger partial charge in [-0.2, -0.15) is 5.26 Å². The Morgan fingerprint density at radius 3 is 2.48 bits per heavy atom. The number of nitrogens with two attached hydrogens (primary N) is 1. The van der Waals surface area contributed by atoms with Crippen LogP contribution in [0.3, 0.4) is 0 Å². The van der Waals surface area contributed by atoms with E-state index >= 15 is 0 Å². The number of hydrogen-bond acceptors (Lipinski definition) is 3. The van der Waals surface area contributed by atoms with E-state index < -0.39 is 0 Å². The third-order valence-corrected chi connectivity index (χ3v) is 2.79. The molecule has 0 spiro atoms.